The van der Waals surface area contributed by atoms with Crippen molar-refractivity contribution in [3.63, 3.8) is 0 Å². The number of hydroxylamine groups is 1. The van der Waals surface area contributed by atoms with Gasteiger partial charge >= 0.3 is 18.1 Å². The molecular formula is C38H55FN8O10. The highest BCUT2D eigenvalue weighted by atomic mass is 19.1. The number of cyclic esters (lactones) is 1. The number of aromatic amines is 1. The number of nitrogens with one attached hydrogen (secondary N) is 5. The molecule has 57 heavy (non-hydrogen) atoms. The number of alkyl halides is 1. The first kappa shape index (κ1) is 44.4. The summed E-state index contributed by atoms with van der Waals surface area (Å²) in [4.78, 5) is 101. The van der Waals surface area contributed by atoms with Gasteiger partial charge in [0, 0.05) is 44.1 Å². The van der Waals surface area contributed by atoms with Gasteiger partial charge in [0.25, 0.3) is 11.5 Å². The Kier molecular flexibility index (Phi) is 15.0. The Morgan fingerprint density at radius 1 is 1.19 bits per heavy atom. The molecule has 3 aliphatic rings. The Labute approximate surface area is 329 Å². The zero-order valence-electron chi connectivity index (χ0n) is 33.1. The summed E-state index contributed by atoms with van der Waals surface area (Å²) in [6.07, 6.45) is 2.78. The first-order valence-corrected chi connectivity index (χ1v) is 19.3. The maximum atomic E-state index is 16.0. The Hall–Kier alpha value is -5.33. The number of ether oxygens (including phenoxy) is 1. The van der Waals surface area contributed by atoms with E-state index in [0.717, 1.165) is 5.57 Å². The van der Waals surface area contributed by atoms with Crippen molar-refractivity contribution in [3.05, 3.63) is 44.9 Å². The van der Waals surface area contributed by atoms with Crippen LogP contribution in [0.4, 0.5) is 14.0 Å². The number of hydrogen-bond acceptors (Lipinski definition) is 11. The Balaban J connectivity index is 1.38. The van der Waals surface area contributed by atoms with E-state index >= 15 is 4.39 Å². The van der Waals surface area contributed by atoms with E-state index in [4.69, 9.17) is 15.3 Å². The lowest BCUT2D eigenvalue weighted by molar-refractivity contribution is -0.172. The van der Waals surface area contributed by atoms with Crippen molar-refractivity contribution in [1.82, 2.24) is 31.3 Å². The lowest BCUT2D eigenvalue weighted by atomic mass is 9.85. The summed E-state index contributed by atoms with van der Waals surface area (Å²) in [6, 6.07) is -0.742. The van der Waals surface area contributed by atoms with Gasteiger partial charge in [-0.3, -0.25) is 19.2 Å². The molecule has 0 aliphatic carbocycles. The average molecular weight is 803 g/mol. The predicted octanol–water partition coefficient (Wildman–Crippen LogP) is 1.98. The third-order valence-electron chi connectivity index (χ3n) is 10.3. The number of allylic oxidation sites excluding steroid dienone is 1. The van der Waals surface area contributed by atoms with E-state index in [1.807, 2.05) is 13.8 Å². The fourth-order valence-electron chi connectivity index (χ4n) is 6.99. The molecule has 0 bridgehead atoms. The molecule has 1 aromatic heterocycles. The number of primary amides is 1. The summed E-state index contributed by atoms with van der Waals surface area (Å²) in [5, 5.41) is 19.2. The Bertz CT molecular complexity index is 1820. The minimum Gasteiger partial charge on any atom is -0.458 e. The van der Waals surface area contributed by atoms with E-state index in [1.54, 1.807) is 19.9 Å². The Morgan fingerprint density at radius 3 is 2.54 bits per heavy atom. The zero-order valence-corrected chi connectivity index (χ0v) is 33.1. The summed E-state index contributed by atoms with van der Waals surface area (Å²) in [5.74, 6) is -4.95. The van der Waals surface area contributed by atoms with E-state index < -0.39 is 59.0 Å². The molecule has 2 unspecified atom stereocenters. The standard InChI is InChI=1S/C38H55FN8O10/c1-6-22-10-11-24(12-13-27(45-37(5,39)17-22)29-16-26-25(32(50)44-29)20-56-34(52)38(26,55)7-2)42-31(49)23-18-47(19-23)36(54)57-46-33(51)28(9-8-14-41-35(40)53)43-30(48)15-21(3)4/h6,16,21,23-24,28,55H,7-15,17-20H2,1-5H3,(H,42,49)(H,43,48)(H,44,50)(H,46,51)(H3,40,41,53)/b22-6+,45-27?/t24-,28?,37?,38-/m1/s1. The van der Waals surface area contributed by atoms with Crippen LogP contribution in [0.25, 0.3) is 0 Å². The number of likely N-dealkylation sites (tertiary alicyclic amines) is 1. The van der Waals surface area contributed by atoms with Crippen molar-refractivity contribution in [2.24, 2.45) is 22.6 Å². The molecule has 0 radical (unpaired) electrons. The number of esters is 1. The molecule has 4 atom stereocenters. The van der Waals surface area contributed by atoms with Crippen molar-refractivity contribution >= 4 is 41.5 Å². The summed E-state index contributed by atoms with van der Waals surface area (Å²) in [7, 11) is 0. The van der Waals surface area contributed by atoms with Crippen molar-refractivity contribution in [2.45, 2.75) is 122 Å². The molecule has 0 saturated carbocycles. The van der Waals surface area contributed by atoms with E-state index in [0.29, 0.717) is 25.7 Å². The van der Waals surface area contributed by atoms with Crippen molar-refractivity contribution < 1.29 is 47.8 Å². The summed E-state index contributed by atoms with van der Waals surface area (Å²) in [6.45, 7) is 8.26. The number of carbonyl (C=O) groups excluding carboxylic acids is 6. The average Bonchev–Trinajstić information content (AvgIpc) is 3.11. The lowest BCUT2D eigenvalue weighted by Crippen LogP contribution is -2.58. The zero-order chi connectivity index (χ0) is 42.1. The topological polar surface area (TPSA) is 264 Å². The third kappa shape index (κ3) is 11.8. The number of carbonyl (C=O) groups is 6. The predicted molar refractivity (Wildman–Crippen MR) is 204 cm³/mol. The molecule has 0 spiro atoms. The molecule has 4 heterocycles. The SMILES string of the molecule is C/C=C1\CC[C@@H](NC(=O)C2CN(C(=O)ONC(=O)C(CCCNC(N)=O)NC(=O)CC(C)C)C2)CCC(c2cc3c(c(=O)[nH]2)COC(=O)[C@@]3(O)CC)=NC(C)(F)C1. The second-order valence-corrected chi connectivity index (χ2v) is 15.4. The van der Waals surface area contributed by atoms with Gasteiger partial charge in [-0.05, 0) is 70.8 Å². The van der Waals surface area contributed by atoms with Crippen LogP contribution in [0.3, 0.4) is 0 Å². The minimum atomic E-state index is -2.06. The number of halogens is 1. The van der Waals surface area contributed by atoms with Crippen molar-refractivity contribution in [3.8, 4) is 0 Å². The largest absolute Gasteiger partial charge is 0.458 e. The Morgan fingerprint density at radius 2 is 1.89 bits per heavy atom. The van der Waals surface area contributed by atoms with Crippen LogP contribution in [-0.2, 0) is 41.0 Å². The molecule has 1 saturated heterocycles. The van der Waals surface area contributed by atoms with Crippen LogP contribution in [0.5, 0.6) is 0 Å². The van der Waals surface area contributed by atoms with Crippen LogP contribution < -0.4 is 32.7 Å². The van der Waals surface area contributed by atoms with Gasteiger partial charge in [-0.25, -0.2) is 23.8 Å². The number of nitrogens with two attached hydrogens (primary N) is 1. The van der Waals surface area contributed by atoms with Crippen molar-refractivity contribution in [1.29, 1.82) is 0 Å². The second kappa shape index (κ2) is 19.2. The smallest absolute Gasteiger partial charge is 0.434 e. The molecular weight excluding hydrogens is 747 g/mol. The quantitative estimate of drug-likeness (QED) is 0.0531. The molecule has 3 aliphatic heterocycles. The monoisotopic (exact) mass is 802 g/mol. The fourth-order valence-corrected chi connectivity index (χ4v) is 6.99. The lowest BCUT2D eigenvalue weighted by Gasteiger charge is -2.37. The van der Waals surface area contributed by atoms with Gasteiger partial charge in [0.15, 0.2) is 5.60 Å². The number of H-pyrrole nitrogens is 1. The van der Waals surface area contributed by atoms with Crippen molar-refractivity contribution in [2.75, 3.05) is 19.6 Å². The highest BCUT2D eigenvalue weighted by Crippen LogP contribution is 2.34. The van der Waals surface area contributed by atoms with Crippen LogP contribution in [0.15, 0.2) is 27.5 Å². The highest BCUT2D eigenvalue weighted by molar-refractivity contribution is 6.00. The minimum absolute atomic E-state index is 0.00671. The number of fused-ring (bicyclic) bond motifs is 1. The molecule has 8 N–H and O–H groups in total. The number of nitrogens with zero attached hydrogens (tertiary/aromatic N) is 2. The number of hydrogen-bond donors (Lipinski definition) is 7. The van der Waals surface area contributed by atoms with Crippen LogP contribution in [0.1, 0.15) is 109 Å². The van der Waals surface area contributed by atoms with Crippen LogP contribution in [-0.4, -0.2) is 94.0 Å². The number of aromatic nitrogens is 1. The molecule has 19 heteroatoms. The third-order valence-corrected chi connectivity index (χ3v) is 10.3. The van der Waals surface area contributed by atoms with Gasteiger partial charge in [-0.2, -0.15) is 5.48 Å². The molecule has 314 valence electrons. The number of aliphatic hydroxyl groups is 1. The highest BCUT2D eigenvalue weighted by Gasteiger charge is 2.44. The van der Waals surface area contributed by atoms with Crippen LogP contribution in [0, 0.1) is 11.8 Å². The van der Waals surface area contributed by atoms with Gasteiger partial charge < -0.3 is 46.2 Å². The number of rotatable bonds is 12. The maximum absolute atomic E-state index is 16.0. The van der Waals surface area contributed by atoms with Crippen LogP contribution in [0.2, 0.25) is 0 Å². The normalized spacial score (nSPS) is 23.9. The van der Waals surface area contributed by atoms with E-state index in [-0.39, 0.29) is 98.6 Å². The molecule has 18 nitrogen and oxygen atoms in total. The summed E-state index contributed by atoms with van der Waals surface area (Å²) in [5.41, 5.74) is 5.77. The molecule has 6 amide bonds. The molecule has 0 aromatic carbocycles. The maximum Gasteiger partial charge on any atom is 0.434 e. The molecule has 4 rings (SSSR count). The second-order valence-electron chi connectivity index (χ2n) is 15.4. The number of pyridine rings is 1. The van der Waals surface area contributed by atoms with E-state index in [9.17, 15) is 38.7 Å². The van der Waals surface area contributed by atoms with Crippen LogP contribution >= 0.6 is 0 Å². The molecule has 1 fully saturated rings. The molecule has 1 aromatic rings. The number of amides is 6. The summed E-state index contributed by atoms with van der Waals surface area (Å²) >= 11 is 0. The number of aliphatic imine (C=N–C) groups is 1. The summed E-state index contributed by atoms with van der Waals surface area (Å²) < 4.78 is 21.1. The fraction of sp³-hybridized carbons (Fsp3) is 0.632. The first-order chi connectivity index (χ1) is 26.8. The number of urea groups is 1. The first-order valence-electron chi connectivity index (χ1n) is 19.3. The van der Waals surface area contributed by atoms with Gasteiger partial charge in [0.05, 0.1) is 22.9 Å². The van der Waals surface area contributed by atoms with Gasteiger partial charge in [0.2, 0.25) is 17.6 Å². The van der Waals surface area contributed by atoms with Gasteiger partial charge in [-0.15, -0.1) is 0 Å². The van der Waals surface area contributed by atoms with E-state index in [2.05, 4.69) is 31.4 Å². The van der Waals surface area contributed by atoms with Gasteiger partial charge in [-0.1, -0.05) is 32.4 Å². The van der Waals surface area contributed by atoms with Gasteiger partial charge in [0.1, 0.15) is 12.6 Å². The van der Waals surface area contributed by atoms with E-state index in [1.165, 1.54) is 17.9 Å².